The van der Waals surface area contributed by atoms with Crippen LogP contribution in [0.4, 0.5) is 0 Å². The van der Waals surface area contributed by atoms with Crippen LogP contribution in [-0.4, -0.2) is 42.1 Å². The van der Waals surface area contributed by atoms with Crippen LogP contribution in [0.1, 0.15) is 23.3 Å². The summed E-state index contributed by atoms with van der Waals surface area (Å²) >= 11 is 1.45. The predicted octanol–water partition coefficient (Wildman–Crippen LogP) is 1.39. The van der Waals surface area contributed by atoms with Gasteiger partial charge in [0.1, 0.15) is 5.69 Å². The summed E-state index contributed by atoms with van der Waals surface area (Å²) in [6, 6.07) is 0.299. The third kappa shape index (κ3) is 2.35. The van der Waals surface area contributed by atoms with E-state index in [0.29, 0.717) is 11.7 Å². The molecule has 1 aromatic rings. The molecule has 0 spiro atoms. The van der Waals surface area contributed by atoms with Gasteiger partial charge in [0, 0.05) is 31.7 Å². The van der Waals surface area contributed by atoms with Crippen LogP contribution in [0.2, 0.25) is 0 Å². The van der Waals surface area contributed by atoms with Crippen LogP contribution in [0.3, 0.4) is 0 Å². The maximum atomic E-state index is 11.9. The second kappa shape index (κ2) is 4.72. The Morgan fingerprint density at radius 2 is 2.33 bits per heavy atom. The zero-order valence-electron chi connectivity index (χ0n) is 8.68. The number of hydrogen-bond acceptors (Lipinski definition) is 4. The molecular weight excluding hydrogens is 212 g/mol. The van der Waals surface area contributed by atoms with Gasteiger partial charge in [0.15, 0.2) is 0 Å². The fourth-order valence-electron chi connectivity index (χ4n) is 1.74. The van der Waals surface area contributed by atoms with E-state index >= 15 is 0 Å². The number of thiazole rings is 1. The first kappa shape index (κ1) is 10.6. The maximum absolute atomic E-state index is 11.9. The van der Waals surface area contributed by atoms with E-state index in [2.05, 4.69) is 4.98 Å². The second-order valence-electron chi connectivity index (χ2n) is 3.63. The Morgan fingerprint density at radius 3 is 2.93 bits per heavy atom. The van der Waals surface area contributed by atoms with E-state index in [0.717, 1.165) is 26.1 Å². The average molecular weight is 226 g/mol. The van der Waals surface area contributed by atoms with Gasteiger partial charge in [0.2, 0.25) is 0 Å². The summed E-state index contributed by atoms with van der Waals surface area (Å²) in [7, 11) is 1.84. The monoisotopic (exact) mass is 226 g/mol. The van der Waals surface area contributed by atoms with Gasteiger partial charge in [-0.25, -0.2) is 4.98 Å². The molecule has 0 radical (unpaired) electrons. The molecule has 0 N–H and O–H groups in total. The lowest BCUT2D eigenvalue weighted by Gasteiger charge is -2.30. The first-order valence-corrected chi connectivity index (χ1v) is 5.96. The number of amides is 1. The Bertz CT molecular complexity index is 320. The second-order valence-corrected chi connectivity index (χ2v) is 4.35. The van der Waals surface area contributed by atoms with Gasteiger partial charge in [-0.3, -0.25) is 4.79 Å². The fourth-order valence-corrected chi connectivity index (χ4v) is 2.26. The zero-order chi connectivity index (χ0) is 10.7. The minimum Gasteiger partial charge on any atom is -0.381 e. The van der Waals surface area contributed by atoms with Crippen molar-refractivity contribution >= 4 is 17.2 Å². The number of carbonyl (C=O) groups is 1. The molecule has 5 heteroatoms. The van der Waals surface area contributed by atoms with E-state index < -0.39 is 0 Å². The molecule has 82 valence electrons. The van der Waals surface area contributed by atoms with Crippen molar-refractivity contribution in [2.75, 3.05) is 20.3 Å². The average Bonchev–Trinajstić information content (AvgIpc) is 2.82. The number of hydrogen-bond donors (Lipinski definition) is 0. The van der Waals surface area contributed by atoms with E-state index in [4.69, 9.17) is 4.74 Å². The van der Waals surface area contributed by atoms with Gasteiger partial charge in [0.25, 0.3) is 5.91 Å². The standard InChI is InChI=1S/C10H14N2O2S/c1-12(8-2-4-14-5-3-8)10(13)9-6-15-7-11-9/h6-8H,2-5H2,1H3. The molecule has 0 bridgehead atoms. The fraction of sp³-hybridized carbons (Fsp3) is 0.600. The van der Waals surface area contributed by atoms with Crippen LogP contribution in [0.15, 0.2) is 10.9 Å². The van der Waals surface area contributed by atoms with Gasteiger partial charge in [-0.15, -0.1) is 11.3 Å². The summed E-state index contributed by atoms with van der Waals surface area (Å²) < 4.78 is 5.27. The van der Waals surface area contributed by atoms with Crippen molar-refractivity contribution in [2.45, 2.75) is 18.9 Å². The minimum absolute atomic E-state index is 0.0168. The van der Waals surface area contributed by atoms with Crippen LogP contribution in [0, 0.1) is 0 Å². The lowest BCUT2D eigenvalue weighted by atomic mass is 10.1. The molecule has 0 saturated carbocycles. The summed E-state index contributed by atoms with van der Waals surface area (Å²) in [6.07, 6.45) is 1.85. The number of aromatic nitrogens is 1. The lowest BCUT2D eigenvalue weighted by Crippen LogP contribution is -2.40. The molecule has 1 aliphatic heterocycles. The molecule has 2 heterocycles. The number of nitrogens with zero attached hydrogens (tertiary/aromatic N) is 2. The van der Waals surface area contributed by atoms with Gasteiger partial charge in [-0.2, -0.15) is 0 Å². The highest BCUT2D eigenvalue weighted by Gasteiger charge is 2.23. The molecular formula is C10H14N2O2S. The molecule has 4 nitrogen and oxygen atoms in total. The Balaban J connectivity index is 2.00. The Labute approximate surface area is 92.9 Å². The molecule has 1 saturated heterocycles. The van der Waals surface area contributed by atoms with Crippen LogP contribution >= 0.6 is 11.3 Å². The number of carbonyl (C=O) groups excluding carboxylic acids is 1. The lowest BCUT2D eigenvalue weighted by molar-refractivity contribution is 0.0359. The zero-order valence-corrected chi connectivity index (χ0v) is 9.50. The van der Waals surface area contributed by atoms with Gasteiger partial charge >= 0.3 is 0 Å². The molecule has 1 aromatic heterocycles. The van der Waals surface area contributed by atoms with Crippen molar-refractivity contribution in [3.05, 3.63) is 16.6 Å². The molecule has 1 fully saturated rings. The molecule has 0 atom stereocenters. The Kier molecular flexibility index (Phi) is 3.33. The van der Waals surface area contributed by atoms with Gasteiger partial charge in [-0.1, -0.05) is 0 Å². The van der Waals surface area contributed by atoms with Crippen molar-refractivity contribution in [1.82, 2.24) is 9.88 Å². The first-order valence-electron chi connectivity index (χ1n) is 5.02. The first-order chi connectivity index (χ1) is 7.29. The van der Waals surface area contributed by atoms with Crippen LogP contribution < -0.4 is 0 Å². The smallest absolute Gasteiger partial charge is 0.273 e. The molecule has 1 amide bonds. The summed E-state index contributed by atoms with van der Waals surface area (Å²) in [5.41, 5.74) is 2.24. The SMILES string of the molecule is CN(C(=O)c1cscn1)C1CCOCC1. The van der Waals surface area contributed by atoms with Crippen molar-refractivity contribution in [3.8, 4) is 0 Å². The van der Waals surface area contributed by atoms with Crippen molar-refractivity contribution in [2.24, 2.45) is 0 Å². The highest BCUT2D eigenvalue weighted by atomic mass is 32.1. The molecule has 0 aromatic carbocycles. The summed E-state index contributed by atoms with van der Waals surface area (Å²) in [4.78, 5) is 17.8. The van der Waals surface area contributed by atoms with Gasteiger partial charge in [-0.05, 0) is 12.8 Å². The van der Waals surface area contributed by atoms with Crippen LogP contribution in [0.5, 0.6) is 0 Å². The maximum Gasteiger partial charge on any atom is 0.273 e. The van der Waals surface area contributed by atoms with Crippen molar-refractivity contribution in [1.29, 1.82) is 0 Å². The third-order valence-electron chi connectivity index (χ3n) is 2.71. The minimum atomic E-state index is 0.0168. The van der Waals surface area contributed by atoms with Crippen LogP contribution in [0.25, 0.3) is 0 Å². The summed E-state index contributed by atoms with van der Waals surface area (Å²) in [6.45, 7) is 1.50. The van der Waals surface area contributed by atoms with E-state index in [-0.39, 0.29) is 5.91 Å². The van der Waals surface area contributed by atoms with Crippen molar-refractivity contribution < 1.29 is 9.53 Å². The number of rotatable bonds is 2. The van der Waals surface area contributed by atoms with Gasteiger partial charge in [0.05, 0.1) is 5.51 Å². The summed E-state index contributed by atoms with van der Waals surface area (Å²) in [5.74, 6) is 0.0168. The normalized spacial score (nSPS) is 17.7. The Morgan fingerprint density at radius 1 is 1.60 bits per heavy atom. The quantitative estimate of drug-likeness (QED) is 0.765. The Hall–Kier alpha value is -0.940. The number of ether oxygens (including phenoxy) is 1. The van der Waals surface area contributed by atoms with E-state index in [9.17, 15) is 4.79 Å². The molecule has 1 aliphatic rings. The predicted molar refractivity (Wildman–Crippen MR) is 58.0 cm³/mol. The van der Waals surface area contributed by atoms with Crippen molar-refractivity contribution in [3.63, 3.8) is 0 Å². The van der Waals surface area contributed by atoms with E-state index in [1.54, 1.807) is 15.8 Å². The topological polar surface area (TPSA) is 42.4 Å². The highest BCUT2D eigenvalue weighted by Crippen LogP contribution is 2.15. The van der Waals surface area contributed by atoms with E-state index in [1.165, 1.54) is 11.3 Å². The molecule has 15 heavy (non-hydrogen) atoms. The molecule has 0 aliphatic carbocycles. The summed E-state index contributed by atoms with van der Waals surface area (Å²) in [5, 5.41) is 1.79. The van der Waals surface area contributed by atoms with Crippen LogP contribution in [-0.2, 0) is 4.74 Å². The highest BCUT2D eigenvalue weighted by molar-refractivity contribution is 7.07. The third-order valence-corrected chi connectivity index (χ3v) is 3.30. The van der Waals surface area contributed by atoms with E-state index in [1.807, 2.05) is 7.05 Å². The molecule has 0 unspecified atom stereocenters. The van der Waals surface area contributed by atoms with Gasteiger partial charge < -0.3 is 9.64 Å². The largest absolute Gasteiger partial charge is 0.381 e. The molecule has 2 rings (SSSR count).